The lowest BCUT2D eigenvalue weighted by atomic mass is 10.1. The molecule has 1 N–H and O–H groups in total. The van der Waals surface area contributed by atoms with E-state index in [-0.39, 0.29) is 16.7 Å². The van der Waals surface area contributed by atoms with Gasteiger partial charge in [-0.05, 0) is 23.9 Å². The molecule has 1 atom stereocenters. The molecule has 0 radical (unpaired) electrons. The van der Waals surface area contributed by atoms with Gasteiger partial charge in [-0.2, -0.15) is 0 Å². The Hall–Kier alpha value is -1.88. The van der Waals surface area contributed by atoms with Crippen molar-refractivity contribution in [1.29, 1.82) is 0 Å². The number of hydrogen-bond acceptors (Lipinski definition) is 4. The van der Waals surface area contributed by atoms with Crippen molar-refractivity contribution >= 4 is 22.7 Å². The Kier molecular flexibility index (Phi) is 3.94. The van der Waals surface area contributed by atoms with Crippen LogP contribution in [0.2, 0.25) is 0 Å². The van der Waals surface area contributed by atoms with E-state index in [1.165, 1.54) is 10.9 Å². The minimum Gasteiger partial charge on any atom is -0.377 e. The summed E-state index contributed by atoms with van der Waals surface area (Å²) in [5, 5.41) is 16.1. The van der Waals surface area contributed by atoms with Crippen LogP contribution in [0.5, 0.6) is 0 Å². The van der Waals surface area contributed by atoms with E-state index < -0.39 is 0 Å². The number of nitro benzene ring substituents is 1. The molecule has 0 aliphatic heterocycles. The molecule has 0 saturated heterocycles. The van der Waals surface area contributed by atoms with E-state index in [2.05, 4.69) is 18.3 Å². The molecular formula is C13H14N2O2S. The van der Waals surface area contributed by atoms with Crippen LogP contribution in [0.1, 0.15) is 24.3 Å². The number of rotatable bonds is 5. The summed E-state index contributed by atoms with van der Waals surface area (Å²) in [5.74, 6) is 0. The molecule has 0 saturated carbocycles. The van der Waals surface area contributed by atoms with Crippen LogP contribution in [-0.2, 0) is 0 Å². The van der Waals surface area contributed by atoms with E-state index in [1.807, 2.05) is 17.5 Å². The summed E-state index contributed by atoms with van der Waals surface area (Å²) in [6, 6.07) is 10.9. The lowest BCUT2D eigenvalue weighted by Gasteiger charge is -2.16. The second-order valence-corrected chi connectivity index (χ2v) is 4.91. The third-order valence-corrected chi connectivity index (χ3v) is 3.68. The topological polar surface area (TPSA) is 55.2 Å². The number of benzene rings is 1. The maximum absolute atomic E-state index is 10.7. The number of thiophene rings is 1. The SMILES string of the molecule is CCC(Nc1cccc([N+](=O)[O-])c1)c1cccs1. The summed E-state index contributed by atoms with van der Waals surface area (Å²) < 4.78 is 0. The zero-order valence-corrected chi connectivity index (χ0v) is 10.8. The molecule has 1 heterocycles. The summed E-state index contributed by atoms with van der Waals surface area (Å²) in [4.78, 5) is 11.6. The van der Waals surface area contributed by atoms with Gasteiger partial charge in [-0.3, -0.25) is 10.1 Å². The van der Waals surface area contributed by atoms with Gasteiger partial charge in [0, 0.05) is 22.7 Å². The molecule has 18 heavy (non-hydrogen) atoms. The van der Waals surface area contributed by atoms with Crippen LogP contribution in [0.4, 0.5) is 11.4 Å². The van der Waals surface area contributed by atoms with Gasteiger partial charge in [0.15, 0.2) is 0 Å². The van der Waals surface area contributed by atoms with Crippen LogP contribution >= 0.6 is 11.3 Å². The van der Waals surface area contributed by atoms with Crippen LogP contribution in [0.3, 0.4) is 0 Å². The number of nitrogens with one attached hydrogen (secondary N) is 1. The number of non-ortho nitro benzene ring substituents is 1. The lowest BCUT2D eigenvalue weighted by molar-refractivity contribution is -0.384. The third-order valence-electron chi connectivity index (χ3n) is 2.69. The number of anilines is 1. The van der Waals surface area contributed by atoms with E-state index in [0.29, 0.717) is 0 Å². The molecule has 1 unspecified atom stereocenters. The molecule has 0 aliphatic carbocycles. The standard InChI is InChI=1S/C13H14N2O2S/c1-2-12(13-7-4-8-18-13)14-10-5-3-6-11(9-10)15(16)17/h3-9,12,14H,2H2,1H3. The van der Waals surface area contributed by atoms with Gasteiger partial charge in [-0.25, -0.2) is 0 Å². The van der Waals surface area contributed by atoms with Gasteiger partial charge in [0.05, 0.1) is 11.0 Å². The van der Waals surface area contributed by atoms with Crippen molar-refractivity contribution in [2.45, 2.75) is 19.4 Å². The predicted octanol–water partition coefficient (Wildman–Crippen LogP) is 4.22. The molecule has 0 aliphatic rings. The first-order valence-corrected chi connectivity index (χ1v) is 6.63. The maximum atomic E-state index is 10.7. The second kappa shape index (κ2) is 5.64. The van der Waals surface area contributed by atoms with Crippen molar-refractivity contribution in [3.05, 3.63) is 56.8 Å². The smallest absolute Gasteiger partial charge is 0.271 e. The molecule has 0 fully saturated rings. The molecule has 1 aromatic heterocycles. The van der Waals surface area contributed by atoms with Crippen molar-refractivity contribution < 1.29 is 4.92 Å². The highest BCUT2D eigenvalue weighted by molar-refractivity contribution is 7.10. The Balaban J connectivity index is 2.17. The van der Waals surface area contributed by atoms with Gasteiger partial charge in [0.2, 0.25) is 0 Å². The largest absolute Gasteiger partial charge is 0.377 e. The van der Waals surface area contributed by atoms with Crippen molar-refractivity contribution in [2.24, 2.45) is 0 Å². The van der Waals surface area contributed by atoms with Gasteiger partial charge in [0.25, 0.3) is 5.69 Å². The fraction of sp³-hybridized carbons (Fsp3) is 0.231. The molecule has 94 valence electrons. The summed E-state index contributed by atoms with van der Waals surface area (Å²) in [7, 11) is 0. The van der Waals surface area contributed by atoms with Crippen LogP contribution in [0.25, 0.3) is 0 Å². The zero-order chi connectivity index (χ0) is 13.0. The Labute approximate surface area is 109 Å². The van der Waals surface area contributed by atoms with Gasteiger partial charge >= 0.3 is 0 Å². The molecule has 2 aromatic rings. The Bertz CT molecular complexity index is 526. The van der Waals surface area contributed by atoms with Crippen LogP contribution < -0.4 is 5.32 Å². The third kappa shape index (κ3) is 2.87. The maximum Gasteiger partial charge on any atom is 0.271 e. The predicted molar refractivity (Wildman–Crippen MR) is 74.1 cm³/mol. The van der Waals surface area contributed by atoms with Crippen molar-refractivity contribution in [2.75, 3.05) is 5.32 Å². The van der Waals surface area contributed by atoms with E-state index in [1.54, 1.807) is 23.5 Å². The fourth-order valence-corrected chi connectivity index (χ4v) is 2.64. The zero-order valence-electron chi connectivity index (χ0n) is 10.00. The van der Waals surface area contributed by atoms with Gasteiger partial charge in [-0.15, -0.1) is 11.3 Å². The van der Waals surface area contributed by atoms with Crippen LogP contribution in [0, 0.1) is 10.1 Å². The Morgan fingerprint density at radius 1 is 1.39 bits per heavy atom. The van der Waals surface area contributed by atoms with Crippen LogP contribution in [-0.4, -0.2) is 4.92 Å². The first-order valence-electron chi connectivity index (χ1n) is 5.75. The summed E-state index contributed by atoms with van der Waals surface area (Å²) in [6.07, 6.45) is 0.934. The monoisotopic (exact) mass is 262 g/mol. The average molecular weight is 262 g/mol. The molecule has 1 aromatic carbocycles. The normalized spacial score (nSPS) is 12.1. The van der Waals surface area contributed by atoms with E-state index in [0.717, 1.165) is 12.1 Å². The van der Waals surface area contributed by atoms with Gasteiger partial charge in [0.1, 0.15) is 0 Å². The summed E-state index contributed by atoms with van der Waals surface area (Å²) in [6.45, 7) is 2.09. The molecule has 0 amide bonds. The van der Waals surface area contributed by atoms with Crippen molar-refractivity contribution in [1.82, 2.24) is 0 Å². The number of nitrogens with zero attached hydrogens (tertiary/aromatic N) is 1. The summed E-state index contributed by atoms with van der Waals surface area (Å²) >= 11 is 1.69. The summed E-state index contributed by atoms with van der Waals surface area (Å²) in [5.41, 5.74) is 0.894. The lowest BCUT2D eigenvalue weighted by Crippen LogP contribution is -2.08. The molecule has 5 heteroatoms. The minimum atomic E-state index is -0.378. The highest BCUT2D eigenvalue weighted by Crippen LogP contribution is 2.27. The average Bonchev–Trinajstić information content (AvgIpc) is 2.90. The first kappa shape index (κ1) is 12.6. The molecule has 2 rings (SSSR count). The van der Waals surface area contributed by atoms with Crippen LogP contribution in [0.15, 0.2) is 41.8 Å². The van der Waals surface area contributed by atoms with Gasteiger partial charge in [-0.1, -0.05) is 19.1 Å². The first-order chi connectivity index (χ1) is 8.70. The molecule has 0 bridgehead atoms. The van der Waals surface area contributed by atoms with E-state index >= 15 is 0 Å². The van der Waals surface area contributed by atoms with E-state index in [9.17, 15) is 10.1 Å². The number of hydrogen-bond donors (Lipinski definition) is 1. The molecule has 0 spiro atoms. The Morgan fingerprint density at radius 2 is 2.22 bits per heavy atom. The van der Waals surface area contributed by atoms with Crippen molar-refractivity contribution in [3.8, 4) is 0 Å². The number of nitro groups is 1. The highest BCUT2D eigenvalue weighted by atomic mass is 32.1. The second-order valence-electron chi connectivity index (χ2n) is 3.93. The minimum absolute atomic E-state index is 0.112. The van der Waals surface area contributed by atoms with Gasteiger partial charge < -0.3 is 5.32 Å². The van der Waals surface area contributed by atoms with E-state index in [4.69, 9.17) is 0 Å². The van der Waals surface area contributed by atoms with Crippen molar-refractivity contribution in [3.63, 3.8) is 0 Å². The fourth-order valence-electron chi connectivity index (χ4n) is 1.77. The highest BCUT2D eigenvalue weighted by Gasteiger charge is 2.12. The quantitative estimate of drug-likeness (QED) is 0.648. The molecule has 4 nitrogen and oxygen atoms in total. The Morgan fingerprint density at radius 3 is 2.83 bits per heavy atom. The molecular weight excluding hydrogens is 248 g/mol.